The van der Waals surface area contributed by atoms with E-state index in [9.17, 15) is 0 Å². The highest BCUT2D eigenvalue weighted by Gasteiger charge is 2.30. The third-order valence-electron chi connectivity index (χ3n) is 3.70. The lowest BCUT2D eigenvalue weighted by Crippen LogP contribution is -2.61. The molecule has 0 amide bonds. The maximum atomic E-state index is 3.66. The molecule has 1 atom stereocenters. The average molecular weight is 258 g/mol. The van der Waals surface area contributed by atoms with Gasteiger partial charge in [0.15, 0.2) is 0 Å². The summed E-state index contributed by atoms with van der Waals surface area (Å²) >= 11 is 1.97. The third kappa shape index (κ3) is 5.62. The fourth-order valence-electron chi connectivity index (χ4n) is 2.62. The third-order valence-corrected chi connectivity index (χ3v) is 4.39. The van der Waals surface area contributed by atoms with E-state index in [1.165, 1.54) is 44.5 Å². The molecule has 17 heavy (non-hydrogen) atoms. The van der Waals surface area contributed by atoms with Crippen molar-refractivity contribution in [2.45, 2.75) is 58.0 Å². The smallest absolute Gasteiger partial charge is 0.0252 e. The molecule has 102 valence electrons. The van der Waals surface area contributed by atoms with Crippen molar-refractivity contribution in [2.24, 2.45) is 0 Å². The number of hydrogen-bond donors (Lipinski definition) is 1. The number of hydrogen-bond acceptors (Lipinski definition) is 3. The van der Waals surface area contributed by atoms with Gasteiger partial charge in [-0.25, -0.2) is 0 Å². The molecule has 3 heteroatoms. The first-order chi connectivity index (χ1) is 8.09. The number of piperazine rings is 1. The van der Waals surface area contributed by atoms with Gasteiger partial charge in [0.05, 0.1) is 0 Å². The van der Waals surface area contributed by atoms with Gasteiger partial charge in [0.2, 0.25) is 0 Å². The Labute approximate surface area is 112 Å². The second-order valence-electron chi connectivity index (χ2n) is 5.85. The summed E-state index contributed by atoms with van der Waals surface area (Å²) in [4.78, 5) is 2.70. The lowest BCUT2D eigenvalue weighted by molar-refractivity contribution is 0.0910. The van der Waals surface area contributed by atoms with Crippen LogP contribution in [0, 0.1) is 0 Å². The van der Waals surface area contributed by atoms with Crippen LogP contribution >= 0.6 is 11.8 Å². The predicted molar refractivity (Wildman–Crippen MR) is 80.0 cm³/mol. The fraction of sp³-hybridized carbons (Fsp3) is 1.00. The van der Waals surface area contributed by atoms with E-state index in [4.69, 9.17) is 0 Å². The van der Waals surface area contributed by atoms with Crippen LogP contribution in [0.4, 0.5) is 0 Å². The number of unbranched alkanes of at least 4 members (excludes halogenated alkanes) is 2. The van der Waals surface area contributed by atoms with Crippen molar-refractivity contribution in [3.63, 3.8) is 0 Å². The molecule has 1 unspecified atom stereocenters. The molecule has 1 fully saturated rings. The summed E-state index contributed by atoms with van der Waals surface area (Å²) in [6.45, 7) is 10.6. The van der Waals surface area contributed by atoms with Crippen molar-refractivity contribution in [3.05, 3.63) is 0 Å². The summed E-state index contributed by atoms with van der Waals surface area (Å²) in [5, 5.41) is 3.66. The molecule has 0 aromatic rings. The van der Waals surface area contributed by atoms with E-state index in [2.05, 4.69) is 37.2 Å². The Hall–Kier alpha value is 0.270. The molecule has 1 aliphatic rings. The van der Waals surface area contributed by atoms with E-state index < -0.39 is 0 Å². The Bertz CT molecular complexity index is 206. The second kappa shape index (κ2) is 7.65. The fourth-order valence-corrected chi connectivity index (χ4v) is 3.11. The van der Waals surface area contributed by atoms with Crippen LogP contribution in [0.3, 0.4) is 0 Å². The minimum absolute atomic E-state index is 0.297. The van der Waals surface area contributed by atoms with Crippen LogP contribution in [0.2, 0.25) is 0 Å². The minimum atomic E-state index is 0.297. The van der Waals surface area contributed by atoms with Crippen LogP contribution in [0.1, 0.15) is 46.5 Å². The molecule has 0 aromatic carbocycles. The number of nitrogens with zero attached hydrogens (tertiary/aromatic N) is 1. The Morgan fingerprint density at radius 2 is 2.06 bits per heavy atom. The maximum absolute atomic E-state index is 3.66. The molecule has 2 nitrogen and oxygen atoms in total. The van der Waals surface area contributed by atoms with Crippen molar-refractivity contribution in [1.82, 2.24) is 10.2 Å². The zero-order valence-corrected chi connectivity index (χ0v) is 12.9. The summed E-state index contributed by atoms with van der Waals surface area (Å²) in [5.41, 5.74) is 0.297. The highest BCUT2D eigenvalue weighted by molar-refractivity contribution is 7.98. The minimum Gasteiger partial charge on any atom is -0.309 e. The highest BCUT2D eigenvalue weighted by Crippen LogP contribution is 2.18. The van der Waals surface area contributed by atoms with E-state index in [0.29, 0.717) is 5.54 Å². The second-order valence-corrected chi connectivity index (χ2v) is 6.84. The first kappa shape index (κ1) is 15.3. The average Bonchev–Trinajstić information content (AvgIpc) is 2.28. The van der Waals surface area contributed by atoms with E-state index in [1.54, 1.807) is 0 Å². The summed E-state index contributed by atoms with van der Waals surface area (Å²) in [7, 11) is 0. The quantitative estimate of drug-likeness (QED) is 0.707. The van der Waals surface area contributed by atoms with Crippen molar-refractivity contribution >= 4 is 11.8 Å². The van der Waals surface area contributed by atoms with Crippen molar-refractivity contribution in [2.75, 3.05) is 31.6 Å². The normalized spacial score (nSPS) is 25.1. The van der Waals surface area contributed by atoms with Gasteiger partial charge in [0.25, 0.3) is 0 Å². The highest BCUT2D eigenvalue weighted by atomic mass is 32.2. The first-order valence-corrected chi connectivity index (χ1v) is 8.46. The standard InChI is InChI=1S/C14H30N2S/c1-5-13-11-15-14(2,3)12-16(13)9-7-6-8-10-17-4/h13,15H,5-12H2,1-4H3. The Morgan fingerprint density at radius 3 is 2.71 bits per heavy atom. The predicted octanol–water partition coefficient (Wildman–Crippen LogP) is 2.98. The molecule has 0 spiro atoms. The Kier molecular flexibility index (Phi) is 6.90. The molecule has 1 N–H and O–H groups in total. The van der Waals surface area contributed by atoms with Gasteiger partial charge in [-0.05, 0) is 51.7 Å². The molecule has 0 radical (unpaired) electrons. The molecule has 1 saturated heterocycles. The zero-order valence-electron chi connectivity index (χ0n) is 12.1. The Balaban J connectivity index is 2.27. The van der Waals surface area contributed by atoms with Gasteiger partial charge < -0.3 is 5.32 Å². The van der Waals surface area contributed by atoms with Gasteiger partial charge >= 0.3 is 0 Å². The number of rotatable bonds is 7. The van der Waals surface area contributed by atoms with Crippen molar-refractivity contribution in [3.8, 4) is 0 Å². The van der Waals surface area contributed by atoms with Gasteiger partial charge in [0.1, 0.15) is 0 Å². The molecule has 1 heterocycles. The molecular formula is C14H30N2S. The van der Waals surface area contributed by atoms with Gasteiger partial charge in [-0.2, -0.15) is 11.8 Å². The number of nitrogens with one attached hydrogen (secondary N) is 1. The molecule has 0 aromatic heterocycles. The van der Waals surface area contributed by atoms with Crippen molar-refractivity contribution < 1.29 is 0 Å². The first-order valence-electron chi connectivity index (χ1n) is 7.07. The molecule has 1 rings (SSSR count). The summed E-state index contributed by atoms with van der Waals surface area (Å²) in [5.74, 6) is 1.32. The molecule has 0 bridgehead atoms. The molecular weight excluding hydrogens is 228 g/mol. The van der Waals surface area contributed by atoms with Crippen LogP contribution in [-0.4, -0.2) is 48.1 Å². The monoisotopic (exact) mass is 258 g/mol. The zero-order chi connectivity index (χ0) is 12.7. The number of thioether (sulfide) groups is 1. The van der Waals surface area contributed by atoms with Gasteiger partial charge in [-0.3, -0.25) is 4.90 Å². The van der Waals surface area contributed by atoms with E-state index in [-0.39, 0.29) is 0 Å². The molecule has 0 aliphatic carbocycles. The van der Waals surface area contributed by atoms with Crippen LogP contribution in [0.15, 0.2) is 0 Å². The Morgan fingerprint density at radius 1 is 1.29 bits per heavy atom. The SMILES string of the molecule is CCC1CNC(C)(C)CN1CCCCCSC. The summed E-state index contributed by atoms with van der Waals surface area (Å²) in [6, 6.07) is 0.753. The summed E-state index contributed by atoms with van der Waals surface area (Å²) in [6.07, 6.45) is 7.61. The van der Waals surface area contributed by atoms with E-state index in [0.717, 1.165) is 12.6 Å². The van der Waals surface area contributed by atoms with Gasteiger partial charge in [-0.15, -0.1) is 0 Å². The molecule has 0 saturated carbocycles. The molecule has 1 aliphatic heterocycles. The van der Waals surface area contributed by atoms with Crippen LogP contribution in [0.25, 0.3) is 0 Å². The van der Waals surface area contributed by atoms with Gasteiger partial charge in [-0.1, -0.05) is 13.3 Å². The lowest BCUT2D eigenvalue weighted by Gasteiger charge is -2.44. The van der Waals surface area contributed by atoms with E-state index >= 15 is 0 Å². The lowest BCUT2D eigenvalue weighted by atomic mass is 9.97. The topological polar surface area (TPSA) is 15.3 Å². The maximum Gasteiger partial charge on any atom is 0.0252 e. The van der Waals surface area contributed by atoms with E-state index in [1.807, 2.05) is 11.8 Å². The van der Waals surface area contributed by atoms with Crippen LogP contribution < -0.4 is 5.32 Å². The summed E-state index contributed by atoms with van der Waals surface area (Å²) < 4.78 is 0. The van der Waals surface area contributed by atoms with Gasteiger partial charge in [0, 0.05) is 24.7 Å². The largest absolute Gasteiger partial charge is 0.309 e. The van der Waals surface area contributed by atoms with Crippen LogP contribution in [0.5, 0.6) is 0 Å². The van der Waals surface area contributed by atoms with Crippen molar-refractivity contribution in [1.29, 1.82) is 0 Å². The van der Waals surface area contributed by atoms with Crippen LogP contribution in [-0.2, 0) is 0 Å².